The number of aliphatic imine (C=N–C) groups is 1. The first-order valence-electron chi connectivity index (χ1n) is 9.65. The number of hydrogen-bond donors (Lipinski definition) is 0. The van der Waals surface area contributed by atoms with Crippen molar-refractivity contribution in [2.24, 2.45) is 4.99 Å². The second kappa shape index (κ2) is 7.85. The second-order valence-corrected chi connectivity index (χ2v) is 7.01. The number of carbonyl (C=O) groups is 1. The molecule has 4 heteroatoms. The monoisotopic (exact) mass is 373 g/mol. The van der Waals surface area contributed by atoms with E-state index in [1.54, 1.807) is 0 Å². The highest BCUT2D eigenvalue weighted by atomic mass is 16.6. The Morgan fingerprint density at radius 3 is 2.54 bits per heavy atom. The number of rotatable bonds is 5. The van der Waals surface area contributed by atoms with E-state index in [1.807, 2.05) is 74.5 Å². The average molecular weight is 373 g/mol. The summed E-state index contributed by atoms with van der Waals surface area (Å²) in [5.41, 5.74) is 1.80. The van der Waals surface area contributed by atoms with E-state index >= 15 is 0 Å². The minimum Gasteiger partial charge on any atom is -0.466 e. The van der Waals surface area contributed by atoms with Crippen LogP contribution in [0, 0.1) is 0 Å². The van der Waals surface area contributed by atoms with Gasteiger partial charge in [0.2, 0.25) is 5.90 Å². The van der Waals surface area contributed by atoms with E-state index in [0.29, 0.717) is 5.90 Å². The van der Waals surface area contributed by atoms with Crippen LogP contribution in [0.1, 0.15) is 37.5 Å². The van der Waals surface area contributed by atoms with Gasteiger partial charge in [0.15, 0.2) is 12.1 Å². The highest BCUT2D eigenvalue weighted by molar-refractivity contribution is 5.99. The zero-order valence-corrected chi connectivity index (χ0v) is 16.0. The van der Waals surface area contributed by atoms with Gasteiger partial charge in [-0.3, -0.25) is 0 Å². The number of carbonyl (C=O) groups excluding carboxylic acids is 1. The quantitative estimate of drug-likeness (QED) is 0.587. The maximum atomic E-state index is 12.9. The molecule has 1 aliphatic rings. The van der Waals surface area contributed by atoms with Crippen LogP contribution in [0.25, 0.3) is 10.8 Å². The predicted octanol–water partition coefficient (Wildman–Crippen LogP) is 5.07. The molecule has 4 rings (SSSR count). The number of hydrogen-bond acceptors (Lipinski definition) is 4. The van der Waals surface area contributed by atoms with Crippen LogP contribution >= 0.6 is 0 Å². The lowest BCUT2D eigenvalue weighted by molar-refractivity contribution is -0.151. The van der Waals surface area contributed by atoms with Crippen LogP contribution in [-0.2, 0) is 14.3 Å². The first-order chi connectivity index (χ1) is 13.7. The van der Waals surface area contributed by atoms with E-state index in [4.69, 9.17) is 9.47 Å². The standard InChI is InChI=1S/C24H23NO3/c1-3-16(2)27-24(26)21-22(28-23(25-21)18-11-5-4-6-12-18)20-15-9-13-17-10-7-8-14-19(17)20/h4-16,21-22H,3H2,1-2H3/t16-,21-,22+/m0/s1. The van der Waals surface area contributed by atoms with Gasteiger partial charge in [0.05, 0.1) is 6.10 Å². The topological polar surface area (TPSA) is 47.9 Å². The summed E-state index contributed by atoms with van der Waals surface area (Å²) < 4.78 is 11.8. The van der Waals surface area contributed by atoms with Gasteiger partial charge in [-0.25, -0.2) is 9.79 Å². The van der Waals surface area contributed by atoms with Crippen molar-refractivity contribution in [1.82, 2.24) is 0 Å². The van der Waals surface area contributed by atoms with E-state index in [9.17, 15) is 4.79 Å². The first-order valence-corrected chi connectivity index (χ1v) is 9.65. The molecule has 0 saturated heterocycles. The summed E-state index contributed by atoms with van der Waals surface area (Å²) in [6, 6.07) is 23.1. The minimum absolute atomic E-state index is 0.156. The second-order valence-electron chi connectivity index (χ2n) is 7.01. The SMILES string of the molecule is CC[C@H](C)OC(=O)[C@H]1N=C(c2ccccc2)O[C@@H]1c1cccc2ccccc12. The summed E-state index contributed by atoms with van der Waals surface area (Å²) in [5, 5.41) is 2.16. The lowest BCUT2D eigenvalue weighted by atomic mass is 9.96. The van der Waals surface area contributed by atoms with Crippen LogP contribution < -0.4 is 0 Å². The van der Waals surface area contributed by atoms with Gasteiger partial charge in [-0.2, -0.15) is 0 Å². The van der Waals surface area contributed by atoms with Crippen molar-refractivity contribution in [1.29, 1.82) is 0 Å². The van der Waals surface area contributed by atoms with Crippen molar-refractivity contribution in [3.8, 4) is 0 Å². The van der Waals surface area contributed by atoms with Gasteiger partial charge in [0.25, 0.3) is 0 Å². The van der Waals surface area contributed by atoms with Crippen molar-refractivity contribution in [2.75, 3.05) is 0 Å². The summed E-state index contributed by atoms with van der Waals surface area (Å²) in [7, 11) is 0. The first kappa shape index (κ1) is 18.2. The maximum Gasteiger partial charge on any atom is 0.335 e. The van der Waals surface area contributed by atoms with Crippen molar-refractivity contribution in [2.45, 2.75) is 38.5 Å². The lowest BCUT2D eigenvalue weighted by Gasteiger charge is -2.20. The molecule has 28 heavy (non-hydrogen) atoms. The molecule has 142 valence electrons. The molecule has 1 aliphatic heterocycles. The molecule has 0 aliphatic carbocycles. The van der Waals surface area contributed by atoms with Gasteiger partial charge in [0.1, 0.15) is 0 Å². The zero-order chi connectivity index (χ0) is 19.5. The molecule has 4 nitrogen and oxygen atoms in total. The Morgan fingerprint density at radius 2 is 1.75 bits per heavy atom. The average Bonchev–Trinajstić information content (AvgIpc) is 3.19. The number of ether oxygens (including phenoxy) is 2. The van der Waals surface area contributed by atoms with Crippen molar-refractivity contribution in [3.05, 3.63) is 83.9 Å². The highest BCUT2D eigenvalue weighted by Gasteiger charge is 2.40. The Bertz CT molecular complexity index is 1010. The third-order valence-electron chi connectivity index (χ3n) is 5.07. The molecule has 0 fully saturated rings. The molecule has 0 spiro atoms. The molecule has 0 radical (unpaired) electrons. The zero-order valence-electron chi connectivity index (χ0n) is 16.0. The third kappa shape index (κ3) is 3.50. The molecule has 0 saturated carbocycles. The van der Waals surface area contributed by atoms with Crippen molar-refractivity contribution >= 4 is 22.6 Å². The van der Waals surface area contributed by atoms with Gasteiger partial charge < -0.3 is 9.47 Å². The fourth-order valence-corrected chi connectivity index (χ4v) is 3.39. The number of benzene rings is 3. The Balaban J connectivity index is 1.75. The van der Waals surface area contributed by atoms with Crippen LogP contribution in [0.15, 0.2) is 77.8 Å². The highest BCUT2D eigenvalue weighted by Crippen LogP contribution is 2.36. The van der Waals surface area contributed by atoms with Crippen molar-refractivity contribution in [3.63, 3.8) is 0 Å². The van der Waals surface area contributed by atoms with Crippen molar-refractivity contribution < 1.29 is 14.3 Å². The fraction of sp³-hybridized carbons (Fsp3) is 0.250. The summed E-state index contributed by atoms with van der Waals surface area (Å²) >= 11 is 0. The van der Waals surface area contributed by atoms with E-state index in [-0.39, 0.29) is 12.1 Å². The molecule has 0 amide bonds. The molecule has 0 unspecified atom stereocenters. The fourth-order valence-electron chi connectivity index (χ4n) is 3.39. The summed E-state index contributed by atoms with van der Waals surface area (Å²) in [4.78, 5) is 17.5. The molecule has 3 atom stereocenters. The van der Waals surface area contributed by atoms with Crippen LogP contribution in [0.3, 0.4) is 0 Å². The summed E-state index contributed by atoms with van der Waals surface area (Å²) in [6.07, 6.45) is 0.0857. The number of fused-ring (bicyclic) bond motifs is 1. The van der Waals surface area contributed by atoms with Gasteiger partial charge in [-0.05, 0) is 36.2 Å². The van der Waals surface area contributed by atoms with E-state index in [0.717, 1.165) is 28.3 Å². The number of esters is 1. The van der Waals surface area contributed by atoms with Crippen LogP contribution in [0.4, 0.5) is 0 Å². The minimum atomic E-state index is -0.727. The largest absolute Gasteiger partial charge is 0.466 e. The molecule has 3 aromatic rings. The van der Waals surface area contributed by atoms with E-state index in [2.05, 4.69) is 17.1 Å². The Morgan fingerprint density at radius 1 is 1.04 bits per heavy atom. The lowest BCUT2D eigenvalue weighted by Crippen LogP contribution is -2.29. The van der Waals surface area contributed by atoms with E-state index in [1.165, 1.54) is 0 Å². The molecule has 1 heterocycles. The molecule has 3 aromatic carbocycles. The third-order valence-corrected chi connectivity index (χ3v) is 5.07. The molecular weight excluding hydrogens is 350 g/mol. The van der Waals surface area contributed by atoms with Crippen LogP contribution in [0.5, 0.6) is 0 Å². The molecule has 0 aromatic heterocycles. The molecular formula is C24H23NO3. The molecule has 0 N–H and O–H groups in total. The van der Waals surface area contributed by atoms with Gasteiger partial charge in [-0.15, -0.1) is 0 Å². The Labute approximate surface area is 164 Å². The van der Waals surface area contributed by atoms with Gasteiger partial charge >= 0.3 is 5.97 Å². The summed E-state index contributed by atoms with van der Waals surface area (Å²) in [6.45, 7) is 3.88. The summed E-state index contributed by atoms with van der Waals surface area (Å²) in [5.74, 6) is 0.128. The van der Waals surface area contributed by atoms with E-state index < -0.39 is 12.1 Å². The van der Waals surface area contributed by atoms with Gasteiger partial charge in [-0.1, -0.05) is 67.6 Å². The Kier molecular flexibility index (Phi) is 5.11. The Hall–Kier alpha value is -3.14. The normalized spacial score (nSPS) is 19.7. The van der Waals surface area contributed by atoms with Gasteiger partial charge in [0, 0.05) is 11.1 Å². The van der Waals surface area contributed by atoms with Crippen LogP contribution in [-0.4, -0.2) is 24.0 Å². The predicted molar refractivity (Wildman–Crippen MR) is 110 cm³/mol. The van der Waals surface area contributed by atoms with Crippen LogP contribution in [0.2, 0.25) is 0 Å². The maximum absolute atomic E-state index is 12.9. The molecule has 0 bridgehead atoms. The smallest absolute Gasteiger partial charge is 0.335 e. The number of nitrogens with zero attached hydrogens (tertiary/aromatic N) is 1.